The van der Waals surface area contributed by atoms with Crippen LogP contribution in [0.1, 0.15) is 47.2 Å². The number of benzene rings is 3. The molecule has 216 valence electrons. The fraction of sp³-hybridized carbons (Fsp3) is 0.323. The molecule has 3 N–H and O–H groups in total. The van der Waals surface area contributed by atoms with Crippen molar-refractivity contribution in [2.45, 2.75) is 44.6 Å². The summed E-state index contributed by atoms with van der Waals surface area (Å²) in [4.78, 5) is 38.5. The van der Waals surface area contributed by atoms with E-state index in [9.17, 15) is 19.5 Å². The second kappa shape index (κ2) is 13.3. The summed E-state index contributed by atoms with van der Waals surface area (Å²) >= 11 is 12.3. The molecule has 10 heteroatoms. The number of nitrogens with one attached hydrogen (secondary N) is 2. The van der Waals surface area contributed by atoms with Gasteiger partial charge in [-0.15, -0.1) is 0 Å². The van der Waals surface area contributed by atoms with Crippen LogP contribution in [0.3, 0.4) is 0 Å². The number of halogens is 2. The highest BCUT2D eigenvalue weighted by atomic mass is 35.5. The number of aliphatic carboxylic acids is 1. The normalized spacial score (nSPS) is 14.6. The van der Waals surface area contributed by atoms with E-state index in [1.807, 2.05) is 18.2 Å². The molecule has 0 saturated heterocycles. The second-order valence-electron chi connectivity index (χ2n) is 10.2. The van der Waals surface area contributed by atoms with Crippen molar-refractivity contribution in [1.29, 1.82) is 0 Å². The van der Waals surface area contributed by atoms with Gasteiger partial charge in [0, 0.05) is 12.1 Å². The monoisotopic (exact) mass is 598 g/mol. The lowest BCUT2D eigenvalue weighted by molar-refractivity contribution is -0.143. The average Bonchev–Trinajstić information content (AvgIpc) is 3.43. The van der Waals surface area contributed by atoms with Crippen molar-refractivity contribution in [3.63, 3.8) is 0 Å². The minimum absolute atomic E-state index is 0.0814. The van der Waals surface area contributed by atoms with Crippen LogP contribution in [0.4, 0.5) is 5.69 Å². The first-order chi connectivity index (χ1) is 19.7. The van der Waals surface area contributed by atoms with Gasteiger partial charge in [0.2, 0.25) is 5.91 Å². The standard InChI is InChI=1S/C31H32Cl2N2O6/c1-40-25-13-10-20(17-26(25)41-2)18-31(14-3-4-15-31)30(39)35-24(29(37)38)16-19-8-11-21(12-9-19)34-28(36)27-22(32)6-5-7-23(27)33/h5-13,17,24H,3-4,14-16,18H2,1-2H3,(H,34,36)(H,35,39)(H,37,38)/t24-/m0/s1. The first-order valence-electron chi connectivity index (χ1n) is 13.2. The smallest absolute Gasteiger partial charge is 0.326 e. The number of rotatable bonds is 11. The van der Waals surface area contributed by atoms with Gasteiger partial charge in [-0.25, -0.2) is 4.79 Å². The average molecular weight is 600 g/mol. The summed E-state index contributed by atoms with van der Waals surface area (Å²) in [5.41, 5.74) is 1.56. The van der Waals surface area contributed by atoms with Crippen LogP contribution in [0.2, 0.25) is 10.0 Å². The first kappa shape index (κ1) is 30.2. The molecule has 8 nitrogen and oxygen atoms in total. The summed E-state index contributed by atoms with van der Waals surface area (Å²) in [6.07, 6.45) is 3.68. The number of hydrogen-bond acceptors (Lipinski definition) is 5. The van der Waals surface area contributed by atoms with Crippen LogP contribution in [0.15, 0.2) is 60.7 Å². The molecular weight excluding hydrogens is 567 g/mol. The van der Waals surface area contributed by atoms with Crippen molar-refractivity contribution < 1.29 is 29.0 Å². The van der Waals surface area contributed by atoms with Gasteiger partial charge in [0.25, 0.3) is 5.91 Å². The maximum atomic E-state index is 13.6. The van der Waals surface area contributed by atoms with Gasteiger partial charge in [-0.3, -0.25) is 9.59 Å². The minimum Gasteiger partial charge on any atom is -0.493 e. The number of anilines is 1. The Morgan fingerprint density at radius 1 is 0.902 bits per heavy atom. The molecule has 0 bridgehead atoms. The van der Waals surface area contributed by atoms with Crippen LogP contribution in [-0.2, 0) is 22.4 Å². The minimum atomic E-state index is -1.12. The number of methoxy groups -OCH3 is 2. The van der Waals surface area contributed by atoms with Crippen molar-refractivity contribution in [1.82, 2.24) is 5.32 Å². The van der Waals surface area contributed by atoms with E-state index in [4.69, 9.17) is 32.7 Å². The number of ether oxygens (including phenoxy) is 2. The first-order valence-corrected chi connectivity index (χ1v) is 14.0. The Bertz CT molecular complexity index is 1400. The summed E-state index contributed by atoms with van der Waals surface area (Å²) < 4.78 is 10.7. The predicted molar refractivity (Wildman–Crippen MR) is 158 cm³/mol. The summed E-state index contributed by atoms with van der Waals surface area (Å²) in [5, 5.41) is 16.0. The second-order valence-corrected chi connectivity index (χ2v) is 11.0. The zero-order valence-corrected chi connectivity index (χ0v) is 24.3. The summed E-state index contributed by atoms with van der Waals surface area (Å²) in [7, 11) is 3.13. The fourth-order valence-corrected chi connectivity index (χ4v) is 5.87. The summed E-state index contributed by atoms with van der Waals surface area (Å²) in [5.74, 6) is -0.664. The Labute approximate surface area is 248 Å². The molecule has 2 amide bonds. The van der Waals surface area contributed by atoms with Crippen molar-refractivity contribution >= 4 is 46.7 Å². The molecular formula is C31H32Cl2N2O6. The molecule has 1 aliphatic carbocycles. The zero-order valence-electron chi connectivity index (χ0n) is 22.8. The molecule has 0 aromatic heterocycles. The molecule has 1 fully saturated rings. The summed E-state index contributed by atoms with van der Waals surface area (Å²) in [6, 6.07) is 16.0. The Morgan fingerprint density at radius 3 is 2.10 bits per heavy atom. The van der Waals surface area contributed by atoms with Gasteiger partial charge in [0.1, 0.15) is 6.04 Å². The van der Waals surface area contributed by atoms with Gasteiger partial charge in [0.15, 0.2) is 11.5 Å². The molecule has 41 heavy (non-hydrogen) atoms. The molecule has 3 aromatic carbocycles. The van der Waals surface area contributed by atoms with Crippen molar-refractivity contribution in [2.24, 2.45) is 5.41 Å². The molecule has 0 heterocycles. The molecule has 4 rings (SSSR count). The van der Waals surface area contributed by atoms with Gasteiger partial charge in [-0.05, 0) is 66.8 Å². The highest BCUT2D eigenvalue weighted by Gasteiger charge is 2.42. The lowest BCUT2D eigenvalue weighted by Gasteiger charge is -2.30. The Kier molecular flexibility index (Phi) is 9.78. The molecule has 0 radical (unpaired) electrons. The van der Waals surface area contributed by atoms with E-state index in [-0.39, 0.29) is 27.9 Å². The third kappa shape index (κ3) is 7.13. The fourth-order valence-electron chi connectivity index (χ4n) is 5.30. The van der Waals surface area contributed by atoms with Gasteiger partial charge >= 0.3 is 5.97 Å². The van der Waals surface area contributed by atoms with Crippen LogP contribution >= 0.6 is 23.2 Å². The van der Waals surface area contributed by atoms with Crippen LogP contribution in [0.5, 0.6) is 11.5 Å². The van der Waals surface area contributed by atoms with Crippen molar-refractivity contribution in [3.8, 4) is 11.5 Å². The maximum Gasteiger partial charge on any atom is 0.326 e. The van der Waals surface area contributed by atoms with Crippen LogP contribution in [0.25, 0.3) is 0 Å². The van der Waals surface area contributed by atoms with E-state index in [1.165, 1.54) is 0 Å². The lowest BCUT2D eigenvalue weighted by Crippen LogP contribution is -2.49. The molecule has 0 unspecified atom stereocenters. The van der Waals surface area contributed by atoms with Crippen LogP contribution in [-0.4, -0.2) is 43.2 Å². The highest BCUT2D eigenvalue weighted by molar-refractivity contribution is 6.40. The molecule has 0 aliphatic heterocycles. The van der Waals surface area contributed by atoms with Gasteiger partial charge in [0.05, 0.1) is 35.2 Å². The van der Waals surface area contributed by atoms with Crippen LogP contribution < -0.4 is 20.1 Å². The summed E-state index contributed by atoms with van der Waals surface area (Å²) in [6.45, 7) is 0. The predicted octanol–water partition coefficient (Wildman–Crippen LogP) is 6.18. The number of carbonyl (C=O) groups excluding carboxylic acids is 2. The quantitative estimate of drug-likeness (QED) is 0.243. The molecule has 1 atom stereocenters. The Hall–Kier alpha value is -3.75. The topological polar surface area (TPSA) is 114 Å². The van der Waals surface area contributed by atoms with Gasteiger partial charge in [-0.2, -0.15) is 0 Å². The van der Waals surface area contributed by atoms with Crippen molar-refractivity contribution in [3.05, 3.63) is 87.4 Å². The van der Waals surface area contributed by atoms with E-state index in [1.54, 1.807) is 56.7 Å². The van der Waals surface area contributed by atoms with E-state index < -0.39 is 23.3 Å². The third-order valence-electron chi connectivity index (χ3n) is 7.48. The molecule has 0 spiro atoms. The zero-order chi connectivity index (χ0) is 29.6. The Balaban J connectivity index is 1.44. The number of carbonyl (C=O) groups is 3. The number of carboxylic acid groups (broad SMARTS) is 1. The highest BCUT2D eigenvalue weighted by Crippen LogP contribution is 2.42. The molecule has 1 saturated carbocycles. The van der Waals surface area contributed by atoms with E-state index in [0.29, 0.717) is 42.0 Å². The molecule has 1 aliphatic rings. The van der Waals surface area contributed by atoms with Crippen LogP contribution in [0, 0.1) is 5.41 Å². The maximum absolute atomic E-state index is 13.6. The lowest BCUT2D eigenvalue weighted by atomic mass is 9.78. The number of amides is 2. The van der Waals surface area contributed by atoms with Gasteiger partial charge in [-0.1, -0.05) is 60.3 Å². The Morgan fingerprint density at radius 2 is 1.51 bits per heavy atom. The SMILES string of the molecule is COc1ccc(CC2(C(=O)N[C@@H](Cc3ccc(NC(=O)c4c(Cl)cccc4Cl)cc3)C(=O)O)CCCC2)cc1OC. The molecule has 3 aromatic rings. The third-order valence-corrected chi connectivity index (χ3v) is 8.11. The van der Waals surface area contributed by atoms with E-state index in [0.717, 1.165) is 18.4 Å². The van der Waals surface area contributed by atoms with Crippen molar-refractivity contribution in [2.75, 3.05) is 19.5 Å². The van der Waals surface area contributed by atoms with E-state index >= 15 is 0 Å². The number of hydrogen-bond donors (Lipinski definition) is 3. The van der Waals surface area contributed by atoms with E-state index in [2.05, 4.69) is 10.6 Å². The number of carboxylic acids is 1. The largest absolute Gasteiger partial charge is 0.493 e. The van der Waals surface area contributed by atoms with Gasteiger partial charge < -0.3 is 25.2 Å².